The molecule has 0 atom stereocenters. The Hall–Kier alpha value is -1.95. The third-order valence-electron chi connectivity index (χ3n) is 3.74. The van der Waals surface area contributed by atoms with Crippen molar-refractivity contribution in [3.63, 3.8) is 0 Å². The van der Waals surface area contributed by atoms with Crippen LogP contribution in [0.3, 0.4) is 0 Å². The fraction of sp³-hybridized carbons (Fsp3) is 0.375. The Labute approximate surface area is 133 Å². The number of phenols is 1. The Bertz CT molecular complexity index is 649. The highest BCUT2D eigenvalue weighted by molar-refractivity contribution is 8.18. The van der Waals surface area contributed by atoms with Crippen molar-refractivity contribution in [3.05, 3.63) is 28.7 Å². The number of thioether (sulfide) groups is 1. The summed E-state index contributed by atoms with van der Waals surface area (Å²) in [5.41, 5.74) is 0.806. The summed E-state index contributed by atoms with van der Waals surface area (Å²) in [6.45, 7) is 1.94. The molecule has 0 aromatic heterocycles. The van der Waals surface area contributed by atoms with Crippen LogP contribution in [-0.2, 0) is 4.79 Å². The lowest BCUT2D eigenvalue weighted by molar-refractivity contribution is -0.113. The minimum Gasteiger partial charge on any atom is -0.504 e. The number of amides is 1. The molecule has 116 valence electrons. The molecule has 2 heterocycles. The predicted octanol–water partition coefficient (Wildman–Crippen LogP) is 2.86. The quantitative estimate of drug-likeness (QED) is 0.850. The lowest BCUT2D eigenvalue weighted by Gasteiger charge is -2.27. The predicted molar refractivity (Wildman–Crippen MR) is 88.1 cm³/mol. The zero-order valence-corrected chi connectivity index (χ0v) is 13.2. The molecule has 2 aliphatic rings. The van der Waals surface area contributed by atoms with Gasteiger partial charge >= 0.3 is 0 Å². The number of likely N-dealkylation sites (tertiary alicyclic amines) is 1. The number of methoxy groups -OCH3 is 1. The summed E-state index contributed by atoms with van der Waals surface area (Å²) in [4.78, 5) is 19.0. The van der Waals surface area contributed by atoms with E-state index in [9.17, 15) is 9.90 Å². The van der Waals surface area contributed by atoms with Gasteiger partial charge in [0, 0.05) is 13.1 Å². The molecule has 0 unspecified atom stereocenters. The summed E-state index contributed by atoms with van der Waals surface area (Å²) in [5, 5.41) is 10.4. The molecule has 1 amide bonds. The molecular weight excluding hydrogens is 300 g/mol. The summed E-state index contributed by atoms with van der Waals surface area (Å²) in [6.07, 6.45) is 5.34. The maximum atomic E-state index is 12.1. The number of nitrogens with zero attached hydrogens (tertiary/aromatic N) is 2. The number of hydrogen-bond acceptors (Lipinski definition) is 5. The SMILES string of the molecule is COc1cc(/C=C2/SC(N3CCCCC3)=NC2=O)ccc1O. The molecule has 0 saturated carbocycles. The number of benzene rings is 1. The van der Waals surface area contributed by atoms with E-state index in [-0.39, 0.29) is 11.7 Å². The Balaban J connectivity index is 1.77. The van der Waals surface area contributed by atoms with Crippen LogP contribution in [-0.4, -0.2) is 41.3 Å². The van der Waals surface area contributed by atoms with E-state index in [1.165, 1.54) is 25.3 Å². The lowest BCUT2D eigenvalue weighted by Crippen LogP contribution is -2.33. The Kier molecular flexibility index (Phi) is 4.38. The molecule has 0 bridgehead atoms. The number of carbonyl (C=O) groups excluding carboxylic acids is 1. The van der Waals surface area contributed by atoms with Crippen LogP contribution >= 0.6 is 11.8 Å². The van der Waals surface area contributed by atoms with Crippen LogP contribution in [0.25, 0.3) is 6.08 Å². The van der Waals surface area contributed by atoms with Gasteiger partial charge in [-0.25, -0.2) is 0 Å². The van der Waals surface area contributed by atoms with Gasteiger partial charge in [0.15, 0.2) is 16.7 Å². The topological polar surface area (TPSA) is 62.1 Å². The fourth-order valence-electron chi connectivity index (χ4n) is 2.55. The van der Waals surface area contributed by atoms with Gasteiger partial charge in [-0.05, 0) is 54.8 Å². The summed E-state index contributed by atoms with van der Waals surface area (Å²) in [5.74, 6) is 0.278. The van der Waals surface area contributed by atoms with E-state index in [1.54, 1.807) is 24.3 Å². The van der Waals surface area contributed by atoms with Crippen LogP contribution in [0.15, 0.2) is 28.1 Å². The van der Waals surface area contributed by atoms with Crippen LogP contribution in [0.2, 0.25) is 0 Å². The van der Waals surface area contributed by atoms with E-state index < -0.39 is 0 Å². The van der Waals surface area contributed by atoms with Crippen molar-refractivity contribution in [2.45, 2.75) is 19.3 Å². The number of amidine groups is 1. The highest BCUT2D eigenvalue weighted by atomic mass is 32.2. The molecule has 6 heteroatoms. The number of aromatic hydroxyl groups is 1. The van der Waals surface area contributed by atoms with Gasteiger partial charge < -0.3 is 14.7 Å². The zero-order chi connectivity index (χ0) is 15.5. The number of phenolic OH excluding ortho intramolecular Hbond substituents is 1. The number of piperidine rings is 1. The summed E-state index contributed by atoms with van der Waals surface area (Å²) in [7, 11) is 1.50. The molecule has 5 nitrogen and oxygen atoms in total. The molecule has 3 rings (SSSR count). The summed E-state index contributed by atoms with van der Waals surface area (Å²) < 4.78 is 5.09. The smallest absolute Gasteiger partial charge is 0.286 e. The van der Waals surface area contributed by atoms with Gasteiger partial charge in [0.2, 0.25) is 0 Å². The number of aliphatic imine (C=N–C) groups is 1. The first-order valence-electron chi connectivity index (χ1n) is 7.32. The summed E-state index contributed by atoms with van der Waals surface area (Å²) in [6, 6.07) is 5.01. The minimum atomic E-state index is -0.197. The minimum absolute atomic E-state index is 0.0836. The van der Waals surface area contributed by atoms with Crippen molar-refractivity contribution in [3.8, 4) is 11.5 Å². The molecule has 0 aliphatic carbocycles. The lowest BCUT2D eigenvalue weighted by atomic mass is 10.1. The fourth-order valence-corrected chi connectivity index (χ4v) is 3.52. The third-order valence-corrected chi connectivity index (χ3v) is 4.78. The van der Waals surface area contributed by atoms with Crippen molar-refractivity contribution in [2.24, 2.45) is 4.99 Å². The maximum absolute atomic E-state index is 12.1. The number of carbonyl (C=O) groups is 1. The standard InChI is InChI=1S/C16H18N2O3S/c1-21-13-9-11(5-6-12(13)19)10-14-15(20)17-16(22-14)18-7-3-2-4-8-18/h5-6,9-10,19H,2-4,7-8H2,1H3/b14-10+. The monoisotopic (exact) mass is 318 g/mol. The second kappa shape index (κ2) is 6.44. The van der Waals surface area contributed by atoms with Crippen LogP contribution in [0, 0.1) is 0 Å². The van der Waals surface area contributed by atoms with Gasteiger partial charge in [-0.1, -0.05) is 6.07 Å². The highest BCUT2D eigenvalue weighted by Crippen LogP contribution is 2.33. The van der Waals surface area contributed by atoms with Gasteiger partial charge in [-0.2, -0.15) is 4.99 Å². The van der Waals surface area contributed by atoms with Crippen LogP contribution in [0.4, 0.5) is 0 Å². The van der Waals surface area contributed by atoms with Gasteiger partial charge in [-0.3, -0.25) is 4.79 Å². The molecule has 0 radical (unpaired) electrons. The average molecular weight is 318 g/mol. The average Bonchev–Trinajstić information content (AvgIpc) is 2.91. The van der Waals surface area contributed by atoms with E-state index in [4.69, 9.17) is 4.74 Å². The molecule has 1 N–H and O–H groups in total. The summed E-state index contributed by atoms with van der Waals surface area (Å²) >= 11 is 1.42. The van der Waals surface area contributed by atoms with E-state index in [0.717, 1.165) is 36.7 Å². The first-order chi connectivity index (χ1) is 10.7. The Morgan fingerprint density at radius 1 is 1.32 bits per heavy atom. The first kappa shape index (κ1) is 15.0. The van der Waals surface area contributed by atoms with Crippen molar-refractivity contribution < 1.29 is 14.6 Å². The van der Waals surface area contributed by atoms with Crippen molar-refractivity contribution >= 4 is 28.9 Å². The van der Waals surface area contributed by atoms with E-state index in [0.29, 0.717) is 10.7 Å². The molecule has 2 aliphatic heterocycles. The number of rotatable bonds is 2. The number of ether oxygens (including phenoxy) is 1. The van der Waals surface area contributed by atoms with Gasteiger partial charge in [-0.15, -0.1) is 0 Å². The van der Waals surface area contributed by atoms with Gasteiger partial charge in [0.05, 0.1) is 12.0 Å². The molecule has 1 aromatic carbocycles. The third kappa shape index (κ3) is 3.11. The molecule has 1 saturated heterocycles. The van der Waals surface area contributed by atoms with Gasteiger partial charge in [0.25, 0.3) is 5.91 Å². The molecular formula is C16H18N2O3S. The largest absolute Gasteiger partial charge is 0.504 e. The molecule has 1 aromatic rings. The van der Waals surface area contributed by atoms with Gasteiger partial charge in [0.1, 0.15) is 0 Å². The van der Waals surface area contributed by atoms with Crippen LogP contribution in [0.5, 0.6) is 11.5 Å². The van der Waals surface area contributed by atoms with Crippen LogP contribution in [0.1, 0.15) is 24.8 Å². The van der Waals surface area contributed by atoms with E-state index in [2.05, 4.69) is 9.89 Å². The normalized spacial score (nSPS) is 20.4. The second-order valence-electron chi connectivity index (χ2n) is 5.29. The molecule has 22 heavy (non-hydrogen) atoms. The van der Waals surface area contributed by atoms with Crippen molar-refractivity contribution in [2.75, 3.05) is 20.2 Å². The highest BCUT2D eigenvalue weighted by Gasteiger charge is 2.26. The van der Waals surface area contributed by atoms with Crippen molar-refractivity contribution in [1.82, 2.24) is 4.90 Å². The maximum Gasteiger partial charge on any atom is 0.286 e. The zero-order valence-electron chi connectivity index (χ0n) is 12.4. The van der Waals surface area contributed by atoms with Crippen LogP contribution < -0.4 is 4.74 Å². The van der Waals surface area contributed by atoms with E-state index >= 15 is 0 Å². The second-order valence-corrected chi connectivity index (χ2v) is 6.30. The molecule has 1 fully saturated rings. The Morgan fingerprint density at radius 2 is 2.09 bits per heavy atom. The molecule has 0 spiro atoms. The Morgan fingerprint density at radius 3 is 2.82 bits per heavy atom. The van der Waals surface area contributed by atoms with E-state index in [1.807, 2.05) is 0 Å². The first-order valence-corrected chi connectivity index (χ1v) is 8.13. The van der Waals surface area contributed by atoms with Crippen molar-refractivity contribution in [1.29, 1.82) is 0 Å². The number of hydrogen-bond donors (Lipinski definition) is 1.